The van der Waals surface area contributed by atoms with E-state index in [1.54, 1.807) is 17.5 Å². The average molecular weight is 225 g/mol. The van der Waals surface area contributed by atoms with Gasteiger partial charge in [0, 0.05) is 20.8 Å². The number of hydrogen-bond acceptors (Lipinski definition) is 5. The van der Waals surface area contributed by atoms with Gasteiger partial charge in [0.1, 0.15) is 0 Å². The molecule has 1 atom stereocenters. The fraction of sp³-hybridized carbons (Fsp3) is 0.222. The molecule has 14 heavy (non-hydrogen) atoms. The molecule has 0 saturated heterocycles. The van der Waals surface area contributed by atoms with E-state index in [0.717, 1.165) is 4.88 Å². The Kier molecular flexibility index (Phi) is 2.93. The summed E-state index contributed by atoms with van der Waals surface area (Å²) in [6.07, 6.45) is 1.80. The molecular formula is C9H11N3S2. The molecule has 0 aliphatic carbocycles. The first kappa shape index (κ1) is 9.79. The lowest BCUT2D eigenvalue weighted by atomic mass is 10.2. The zero-order chi connectivity index (χ0) is 9.97. The van der Waals surface area contributed by atoms with E-state index >= 15 is 0 Å². The van der Waals surface area contributed by atoms with Crippen molar-refractivity contribution in [1.82, 2.24) is 9.80 Å². The fourth-order valence-electron chi connectivity index (χ4n) is 1.29. The highest BCUT2D eigenvalue weighted by molar-refractivity contribution is 7.12. The maximum Gasteiger partial charge on any atom is 0.0910 e. The van der Waals surface area contributed by atoms with Crippen molar-refractivity contribution in [3.63, 3.8) is 0 Å². The van der Waals surface area contributed by atoms with Crippen molar-refractivity contribution in [2.24, 2.45) is 5.84 Å². The third-order valence-electron chi connectivity index (χ3n) is 1.95. The summed E-state index contributed by atoms with van der Waals surface area (Å²) in [5.74, 6) is 5.54. The Morgan fingerprint density at radius 1 is 1.36 bits per heavy atom. The normalized spacial score (nSPS) is 13.0. The van der Waals surface area contributed by atoms with Gasteiger partial charge < -0.3 is 0 Å². The van der Waals surface area contributed by atoms with E-state index in [1.807, 2.05) is 6.07 Å². The molecule has 0 aromatic carbocycles. The van der Waals surface area contributed by atoms with E-state index in [9.17, 15) is 0 Å². The number of aryl methyl sites for hydroxylation is 1. The van der Waals surface area contributed by atoms with Crippen LogP contribution in [0.1, 0.15) is 20.7 Å². The summed E-state index contributed by atoms with van der Waals surface area (Å²) in [6, 6.07) is 6.28. The average Bonchev–Trinajstić information content (AvgIpc) is 2.79. The van der Waals surface area contributed by atoms with Crippen LogP contribution in [0.25, 0.3) is 0 Å². The monoisotopic (exact) mass is 225 g/mol. The Hall–Kier alpha value is -0.750. The second-order valence-corrected chi connectivity index (χ2v) is 5.15. The zero-order valence-electron chi connectivity index (χ0n) is 7.73. The first-order valence-electron chi connectivity index (χ1n) is 4.24. The first-order valence-corrected chi connectivity index (χ1v) is 5.83. The van der Waals surface area contributed by atoms with Gasteiger partial charge in [0.25, 0.3) is 0 Å². The van der Waals surface area contributed by atoms with E-state index in [-0.39, 0.29) is 6.04 Å². The van der Waals surface area contributed by atoms with Crippen LogP contribution in [0.15, 0.2) is 24.4 Å². The van der Waals surface area contributed by atoms with Crippen LogP contribution in [-0.2, 0) is 0 Å². The van der Waals surface area contributed by atoms with Crippen LogP contribution in [0.4, 0.5) is 0 Å². The maximum atomic E-state index is 5.54. The fourth-order valence-corrected chi connectivity index (χ4v) is 2.98. The summed E-state index contributed by atoms with van der Waals surface area (Å²) in [7, 11) is 0. The van der Waals surface area contributed by atoms with Crippen LogP contribution >= 0.6 is 22.9 Å². The molecule has 0 aliphatic rings. The van der Waals surface area contributed by atoms with Gasteiger partial charge >= 0.3 is 0 Å². The minimum atomic E-state index is 0.0844. The molecule has 3 nitrogen and oxygen atoms in total. The van der Waals surface area contributed by atoms with Crippen LogP contribution in [0.5, 0.6) is 0 Å². The molecule has 2 rings (SSSR count). The number of hydrazine groups is 1. The number of hydrogen-bond donors (Lipinski definition) is 2. The van der Waals surface area contributed by atoms with E-state index in [1.165, 1.54) is 21.3 Å². The summed E-state index contributed by atoms with van der Waals surface area (Å²) in [5.41, 5.74) is 2.81. The molecule has 0 spiro atoms. The third kappa shape index (κ3) is 1.85. The van der Waals surface area contributed by atoms with Crippen LogP contribution in [0, 0.1) is 6.92 Å². The van der Waals surface area contributed by atoms with Crippen molar-refractivity contribution < 1.29 is 0 Å². The van der Waals surface area contributed by atoms with E-state index in [2.05, 4.69) is 28.9 Å². The number of nitrogens with zero attached hydrogens (tertiary/aromatic N) is 1. The summed E-state index contributed by atoms with van der Waals surface area (Å²) in [4.78, 5) is 3.67. The van der Waals surface area contributed by atoms with E-state index < -0.39 is 0 Å². The van der Waals surface area contributed by atoms with Crippen molar-refractivity contribution in [2.45, 2.75) is 13.0 Å². The molecule has 2 aromatic heterocycles. The largest absolute Gasteiger partial charge is 0.271 e. The predicted molar refractivity (Wildman–Crippen MR) is 60.3 cm³/mol. The molecule has 0 bridgehead atoms. The number of thiophene rings is 1. The molecule has 0 radical (unpaired) electrons. The van der Waals surface area contributed by atoms with Gasteiger partial charge in [-0.15, -0.1) is 11.3 Å². The molecule has 0 amide bonds. The minimum absolute atomic E-state index is 0.0844. The second kappa shape index (κ2) is 4.18. The first-order chi connectivity index (χ1) is 6.81. The Balaban J connectivity index is 2.31. The van der Waals surface area contributed by atoms with Crippen LogP contribution in [-0.4, -0.2) is 4.37 Å². The van der Waals surface area contributed by atoms with Gasteiger partial charge in [-0.25, -0.2) is 9.80 Å². The minimum Gasteiger partial charge on any atom is -0.271 e. The molecule has 74 valence electrons. The Morgan fingerprint density at radius 3 is 2.71 bits per heavy atom. The molecule has 0 aliphatic heterocycles. The number of aromatic nitrogens is 1. The van der Waals surface area contributed by atoms with Crippen molar-refractivity contribution in [1.29, 1.82) is 0 Å². The number of nitrogens with two attached hydrogens (primary N) is 1. The van der Waals surface area contributed by atoms with E-state index in [0.29, 0.717) is 0 Å². The van der Waals surface area contributed by atoms with Gasteiger partial charge in [0.2, 0.25) is 0 Å². The summed E-state index contributed by atoms with van der Waals surface area (Å²) < 4.78 is 4.07. The summed E-state index contributed by atoms with van der Waals surface area (Å²) in [5, 5.41) is 0. The predicted octanol–water partition coefficient (Wildman–Crippen LogP) is 2.07. The maximum absolute atomic E-state index is 5.54. The highest BCUT2D eigenvalue weighted by Crippen LogP contribution is 2.29. The Morgan fingerprint density at radius 2 is 2.21 bits per heavy atom. The molecular weight excluding hydrogens is 214 g/mol. The molecule has 2 heterocycles. The lowest BCUT2D eigenvalue weighted by Gasteiger charge is -2.10. The second-order valence-electron chi connectivity index (χ2n) is 2.96. The number of rotatable bonds is 3. The SMILES string of the molecule is Cc1ccc(C(NN)c2ccns2)s1. The molecule has 2 aromatic rings. The Labute approximate surface area is 90.7 Å². The van der Waals surface area contributed by atoms with Crippen molar-refractivity contribution in [3.8, 4) is 0 Å². The van der Waals surface area contributed by atoms with Gasteiger partial charge in [0.05, 0.1) is 6.04 Å². The quantitative estimate of drug-likeness (QED) is 0.621. The van der Waals surface area contributed by atoms with Gasteiger partial charge in [-0.1, -0.05) is 0 Å². The van der Waals surface area contributed by atoms with Crippen molar-refractivity contribution >= 4 is 22.9 Å². The molecule has 3 N–H and O–H groups in total. The summed E-state index contributed by atoms with van der Waals surface area (Å²) >= 11 is 3.23. The van der Waals surface area contributed by atoms with Crippen LogP contribution < -0.4 is 11.3 Å². The summed E-state index contributed by atoms with van der Waals surface area (Å²) in [6.45, 7) is 2.09. The van der Waals surface area contributed by atoms with Gasteiger partial charge in [-0.3, -0.25) is 5.84 Å². The van der Waals surface area contributed by atoms with E-state index in [4.69, 9.17) is 5.84 Å². The third-order valence-corrected chi connectivity index (χ3v) is 3.83. The number of nitrogens with one attached hydrogen (secondary N) is 1. The van der Waals surface area contributed by atoms with Crippen molar-refractivity contribution in [3.05, 3.63) is 39.0 Å². The lowest BCUT2D eigenvalue weighted by molar-refractivity contribution is 0.656. The zero-order valence-corrected chi connectivity index (χ0v) is 9.36. The smallest absolute Gasteiger partial charge is 0.0910 e. The van der Waals surface area contributed by atoms with Gasteiger partial charge in [0.15, 0.2) is 0 Å². The Bertz CT molecular complexity index is 394. The topological polar surface area (TPSA) is 50.9 Å². The highest BCUT2D eigenvalue weighted by atomic mass is 32.1. The standard InChI is InChI=1S/C9H11N3S2/c1-6-2-3-7(13-6)9(12-10)8-4-5-11-14-8/h2-5,9,12H,10H2,1H3. The highest BCUT2D eigenvalue weighted by Gasteiger charge is 2.15. The molecule has 0 saturated carbocycles. The molecule has 5 heteroatoms. The van der Waals surface area contributed by atoms with Crippen molar-refractivity contribution in [2.75, 3.05) is 0 Å². The van der Waals surface area contributed by atoms with Gasteiger partial charge in [-0.05, 0) is 36.7 Å². The molecule has 1 unspecified atom stereocenters. The van der Waals surface area contributed by atoms with Gasteiger partial charge in [-0.2, -0.15) is 0 Å². The van der Waals surface area contributed by atoms with Crippen LogP contribution in [0.3, 0.4) is 0 Å². The van der Waals surface area contributed by atoms with Crippen LogP contribution in [0.2, 0.25) is 0 Å². The lowest BCUT2D eigenvalue weighted by Crippen LogP contribution is -2.27. The molecule has 0 fully saturated rings.